The Hall–Kier alpha value is -2.04. The second-order valence-electron chi connectivity index (χ2n) is 4.92. The molecule has 5 heteroatoms. The zero-order valence-corrected chi connectivity index (χ0v) is 10.7. The van der Waals surface area contributed by atoms with Crippen LogP contribution in [0.5, 0.6) is 5.75 Å². The van der Waals surface area contributed by atoms with E-state index in [1.165, 1.54) is 0 Å². The van der Waals surface area contributed by atoms with Crippen molar-refractivity contribution in [1.29, 1.82) is 0 Å². The molecule has 1 aromatic carbocycles. The van der Waals surface area contributed by atoms with Crippen LogP contribution in [0.2, 0.25) is 0 Å². The van der Waals surface area contributed by atoms with Crippen molar-refractivity contribution in [2.24, 2.45) is 0 Å². The number of anilines is 1. The third-order valence-corrected chi connectivity index (χ3v) is 2.82. The van der Waals surface area contributed by atoms with Crippen molar-refractivity contribution in [1.82, 2.24) is 5.32 Å². The maximum absolute atomic E-state index is 12.0. The van der Waals surface area contributed by atoms with Gasteiger partial charge in [0, 0.05) is 5.54 Å². The molecule has 1 fully saturated rings. The summed E-state index contributed by atoms with van der Waals surface area (Å²) >= 11 is 0. The normalized spacial score (nSPS) is 18.5. The Bertz CT molecular complexity index is 460. The first-order valence-corrected chi connectivity index (χ1v) is 5.72. The largest absolute Gasteiger partial charge is 0.497 e. The highest BCUT2D eigenvalue weighted by Crippen LogP contribution is 2.25. The second-order valence-corrected chi connectivity index (χ2v) is 4.92. The van der Waals surface area contributed by atoms with Crippen molar-refractivity contribution < 1.29 is 14.3 Å². The van der Waals surface area contributed by atoms with Crippen LogP contribution in [0.4, 0.5) is 10.5 Å². The molecule has 1 aliphatic heterocycles. The molecule has 5 nitrogen and oxygen atoms in total. The predicted octanol–water partition coefficient (Wildman–Crippen LogP) is 1.92. The van der Waals surface area contributed by atoms with Crippen LogP contribution in [0.15, 0.2) is 24.3 Å². The van der Waals surface area contributed by atoms with E-state index in [-0.39, 0.29) is 18.4 Å². The quantitative estimate of drug-likeness (QED) is 0.869. The van der Waals surface area contributed by atoms with Crippen LogP contribution in [-0.2, 0) is 4.79 Å². The van der Waals surface area contributed by atoms with E-state index in [9.17, 15) is 9.59 Å². The van der Waals surface area contributed by atoms with Gasteiger partial charge in [-0.25, -0.2) is 9.69 Å². The molecule has 0 unspecified atom stereocenters. The highest BCUT2D eigenvalue weighted by Gasteiger charge is 2.37. The number of nitrogens with zero attached hydrogens (tertiary/aromatic N) is 1. The number of ether oxygens (including phenoxy) is 1. The van der Waals surface area contributed by atoms with Crippen molar-refractivity contribution >= 4 is 17.6 Å². The summed E-state index contributed by atoms with van der Waals surface area (Å²) in [6.07, 6.45) is 0.283. The number of urea groups is 1. The number of rotatable bonds is 2. The summed E-state index contributed by atoms with van der Waals surface area (Å²) in [6.45, 7) is 3.66. The van der Waals surface area contributed by atoms with Gasteiger partial charge in [0.15, 0.2) is 0 Å². The van der Waals surface area contributed by atoms with Gasteiger partial charge in [-0.2, -0.15) is 0 Å². The van der Waals surface area contributed by atoms with E-state index in [1.54, 1.807) is 31.4 Å². The average Bonchev–Trinajstić information content (AvgIpc) is 2.27. The maximum Gasteiger partial charge on any atom is 0.329 e. The van der Waals surface area contributed by atoms with E-state index in [1.807, 2.05) is 13.8 Å². The summed E-state index contributed by atoms with van der Waals surface area (Å²) < 4.78 is 5.04. The van der Waals surface area contributed by atoms with Crippen molar-refractivity contribution in [2.45, 2.75) is 25.8 Å². The molecule has 0 saturated carbocycles. The minimum absolute atomic E-state index is 0.200. The van der Waals surface area contributed by atoms with Gasteiger partial charge in [-0.05, 0) is 38.1 Å². The Kier molecular flexibility index (Phi) is 2.98. The first kappa shape index (κ1) is 12.4. The molecule has 1 heterocycles. The minimum atomic E-state index is -0.489. The van der Waals surface area contributed by atoms with Crippen molar-refractivity contribution in [2.75, 3.05) is 12.0 Å². The summed E-state index contributed by atoms with van der Waals surface area (Å²) in [5.74, 6) is 0.484. The number of nitrogens with one attached hydrogen (secondary N) is 1. The fraction of sp³-hybridized carbons (Fsp3) is 0.385. The van der Waals surface area contributed by atoms with Crippen molar-refractivity contribution in [3.05, 3.63) is 24.3 Å². The van der Waals surface area contributed by atoms with Crippen molar-refractivity contribution in [3.63, 3.8) is 0 Å². The number of carbonyl (C=O) groups excluding carboxylic acids is 2. The molecule has 0 bridgehead atoms. The molecule has 2 rings (SSSR count). The molecule has 1 aromatic rings. The Morgan fingerprint density at radius 2 is 1.83 bits per heavy atom. The summed E-state index contributed by atoms with van der Waals surface area (Å²) in [6, 6.07) is 6.43. The van der Waals surface area contributed by atoms with Gasteiger partial charge in [-0.1, -0.05) is 0 Å². The molecule has 0 radical (unpaired) electrons. The van der Waals surface area contributed by atoms with Crippen LogP contribution in [0.3, 0.4) is 0 Å². The molecule has 1 aliphatic rings. The highest BCUT2D eigenvalue weighted by atomic mass is 16.5. The van der Waals surface area contributed by atoms with Crippen LogP contribution in [-0.4, -0.2) is 24.6 Å². The fourth-order valence-corrected chi connectivity index (χ4v) is 1.95. The third kappa shape index (κ3) is 2.30. The SMILES string of the molecule is COc1ccc(N2C(=O)CC(C)(C)NC2=O)cc1. The molecule has 3 amide bonds. The van der Waals surface area contributed by atoms with Crippen LogP contribution in [0, 0.1) is 0 Å². The molecule has 0 aromatic heterocycles. The molecule has 1 saturated heterocycles. The summed E-state index contributed by atoms with van der Waals surface area (Å²) in [4.78, 5) is 25.1. The molecule has 96 valence electrons. The first-order chi connectivity index (χ1) is 8.43. The fourth-order valence-electron chi connectivity index (χ4n) is 1.95. The van der Waals surface area contributed by atoms with Crippen molar-refractivity contribution in [3.8, 4) is 5.75 Å². The summed E-state index contributed by atoms with van der Waals surface area (Å²) in [5.41, 5.74) is 0.0609. The Morgan fingerprint density at radius 3 is 2.33 bits per heavy atom. The molecular formula is C13H16N2O3. The van der Waals surface area contributed by atoms with E-state index in [0.29, 0.717) is 11.4 Å². The van der Waals surface area contributed by atoms with E-state index >= 15 is 0 Å². The number of amides is 3. The molecule has 18 heavy (non-hydrogen) atoms. The van der Waals surface area contributed by atoms with Gasteiger partial charge < -0.3 is 10.1 Å². The average molecular weight is 248 g/mol. The van der Waals surface area contributed by atoms with Crippen LogP contribution < -0.4 is 15.0 Å². The second kappa shape index (κ2) is 4.33. The van der Waals surface area contributed by atoms with Gasteiger partial charge >= 0.3 is 6.03 Å². The van der Waals surface area contributed by atoms with E-state index < -0.39 is 5.54 Å². The Labute approximate surface area is 106 Å². The lowest BCUT2D eigenvalue weighted by molar-refractivity contribution is -0.119. The first-order valence-electron chi connectivity index (χ1n) is 5.72. The number of hydrogen-bond donors (Lipinski definition) is 1. The number of hydrogen-bond acceptors (Lipinski definition) is 3. The van der Waals surface area contributed by atoms with E-state index in [0.717, 1.165) is 4.90 Å². The Balaban J connectivity index is 2.27. The van der Waals surface area contributed by atoms with E-state index in [4.69, 9.17) is 4.74 Å². The number of imide groups is 1. The van der Waals surface area contributed by atoms with Gasteiger partial charge in [-0.15, -0.1) is 0 Å². The van der Waals surface area contributed by atoms with Crippen LogP contribution in [0.1, 0.15) is 20.3 Å². The lowest BCUT2D eigenvalue weighted by Crippen LogP contribution is -2.59. The lowest BCUT2D eigenvalue weighted by Gasteiger charge is -2.36. The van der Waals surface area contributed by atoms with Crippen LogP contribution >= 0.6 is 0 Å². The summed E-state index contributed by atoms with van der Waals surface area (Å²) in [5, 5.41) is 2.80. The zero-order chi connectivity index (χ0) is 13.3. The number of benzene rings is 1. The molecule has 0 aliphatic carbocycles. The minimum Gasteiger partial charge on any atom is -0.497 e. The van der Waals surface area contributed by atoms with Gasteiger partial charge in [0.2, 0.25) is 5.91 Å². The molecule has 1 N–H and O–H groups in total. The van der Waals surface area contributed by atoms with Gasteiger partial charge in [0.05, 0.1) is 19.2 Å². The van der Waals surface area contributed by atoms with Gasteiger partial charge in [0.1, 0.15) is 5.75 Å². The zero-order valence-electron chi connectivity index (χ0n) is 10.7. The highest BCUT2D eigenvalue weighted by molar-refractivity contribution is 6.16. The predicted molar refractivity (Wildman–Crippen MR) is 67.7 cm³/mol. The van der Waals surface area contributed by atoms with E-state index in [2.05, 4.69) is 5.32 Å². The van der Waals surface area contributed by atoms with Gasteiger partial charge in [-0.3, -0.25) is 4.79 Å². The standard InChI is InChI=1S/C13H16N2O3/c1-13(2)8-11(16)15(12(17)14-13)9-4-6-10(18-3)7-5-9/h4-7H,8H2,1-3H3,(H,14,17). The third-order valence-electron chi connectivity index (χ3n) is 2.82. The summed E-state index contributed by atoms with van der Waals surface area (Å²) in [7, 11) is 1.57. The molecule has 0 spiro atoms. The number of methoxy groups -OCH3 is 1. The molecular weight excluding hydrogens is 232 g/mol. The lowest BCUT2D eigenvalue weighted by atomic mass is 9.97. The monoisotopic (exact) mass is 248 g/mol. The maximum atomic E-state index is 12.0. The Morgan fingerprint density at radius 1 is 1.22 bits per heavy atom. The molecule has 0 atom stereocenters. The number of carbonyl (C=O) groups is 2. The van der Waals surface area contributed by atoms with Crippen LogP contribution in [0.25, 0.3) is 0 Å². The van der Waals surface area contributed by atoms with Gasteiger partial charge in [0.25, 0.3) is 0 Å². The smallest absolute Gasteiger partial charge is 0.329 e. The topological polar surface area (TPSA) is 58.6 Å².